The number of fused-ring (bicyclic) bond motifs is 2. The van der Waals surface area contributed by atoms with Crippen molar-refractivity contribution < 1.29 is 23.7 Å². The van der Waals surface area contributed by atoms with E-state index in [9.17, 15) is 0 Å². The van der Waals surface area contributed by atoms with Crippen molar-refractivity contribution >= 4 is 22.7 Å². The molecule has 0 aliphatic carbocycles. The molecule has 0 fully saturated rings. The highest BCUT2D eigenvalue weighted by Crippen LogP contribution is 2.44. The normalized spacial score (nSPS) is 13.0. The second-order valence-electron chi connectivity index (χ2n) is 7.09. The summed E-state index contributed by atoms with van der Waals surface area (Å²) in [4.78, 5) is 11.4. The van der Waals surface area contributed by atoms with Crippen LogP contribution >= 0.6 is 0 Å². The Morgan fingerprint density at radius 3 is 2.13 bits per heavy atom. The highest BCUT2D eigenvalue weighted by molar-refractivity contribution is 5.91. The molecule has 1 aliphatic rings. The molecule has 9 nitrogen and oxygen atoms in total. The monoisotopic (exact) mass is 426 g/mol. The van der Waals surface area contributed by atoms with Crippen LogP contribution in [0.5, 0.6) is 28.7 Å². The molecular formula is C22H26N4O5. The number of rotatable bonds is 6. The Morgan fingerprint density at radius 2 is 1.48 bits per heavy atom. The average molecular weight is 426 g/mol. The number of aromatic nitrogens is 2. The van der Waals surface area contributed by atoms with Crippen LogP contribution in [-0.2, 0) is 13.0 Å². The number of hydrogen-bond acceptors (Lipinski definition) is 9. The van der Waals surface area contributed by atoms with Gasteiger partial charge >= 0.3 is 0 Å². The molecule has 1 aliphatic heterocycles. The van der Waals surface area contributed by atoms with Crippen molar-refractivity contribution in [2.75, 3.05) is 52.7 Å². The van der Waals surface area contributed by atoms with Gasteiger partial charge in [0.25, 0.3) is 0 Å². The van der Waals surface area contributed by atoms with Crippen molar-refractivity contribution in [3.8, 4) is 28.7 Å². The second kappa shape index (κ2) is 8.25. The minimum absolute atomic E-state index is 0.381. The third-order valence-electron chi connectivity index (χ3n) is 5.53. The zero-order chi connectivity index (χ0) is 22.1. The number of methoxy groups -OCH3 is 5. The molecule has 4 rings (SSSR count). The predicted molar refractivity (Wildman–Crippen MR) is 118 cm³/mol. The summed E-state index contributed by atoms with van der Waals surface area (Å²) in [6.45, 7) is 1.28. The molecule has 0 radical (unpaired) electrons. The third-order valence-corrected chi connectivity index (χ3v) is 5.53. The summed E-state index contributed by atoms with van der Waals surface area (Å²) in [7, 11) is 8.01. The average Bonchev–Trinajstić information content (AvgIpc) is 2.81. The molecule has 0 saturated heterocycles. The minimum atomic E-state index is 0.381. The Morgan fingerprint density at radius 1 is 0.806 bits per heavy atom. The van der Waals surface area contributed by atoms with E-state index in [1.165, 1.54) is 0 Å². The Bertz CT molecular complexity index is 1140. The predicted octanol–water partition coefficient (Wildman–Crippen LogP) is 2.82. The summed E-state index contributed by atoms with van der Waals surface area (Å²) >= 11 is 0. The van der Waals surface area contributed by atoms with Gasteiger partial charge in [0.15, 0.2) is 23.0 Å². The fourth-order valence-corrected chi connectivity index (χ4v) is 3.97. The number of nitrogen functional groups attached to an aromatic ring is 1. The Hall–Kier alpha value is -3.62. The number of nitrogens with two attached hydrogens (primary N) is 1. The highest BCUT2D eigenvalue weighted by Gasteiger charge is 2.27. The second-order valence-corrected chi connectivity index (χ2v) is 7.09. The molecule has 2 heterocycles. The zero-order valence-electron chi connectivity index (χ0n) is 18.3. The molecule has 1 aromatic heterocycles. The van der Waals surface area contributed by atoms with Crippen molar-refractivity contribution in [2.45, 2.75) is 13.0 Å². The first kappa shape index (κ1) is 20.6. The maximum absolute atomic E-state index is 6.28. The van der Waals surface area contributed by atoms with Gasteiger partial charge in [-0.15, -0.1) is 0 Å². The molecule has 0 atom stereocenters. The lowest BCUT2D eigenvalue weighted by molar-refractivity contribution is 0.320. The summed E-state index contributed by atoms with van der Waals surface area (Å²) in [5.74, 6) is 3.96. The number of ether oxygens (including phenoxy) is 5. The molecule has 164 valence electrons. The van der Waals surface area contributed by atoms with Crippen molar-refractivity contribution in [1.82, 2.24) is 9.97 Å². The van der Waals surface area contributed by atoms with Crippen LogP contribution in [0.25, 0.3) is 10.9 Å². The van der Waals surface area contributed by atoms with E-state index in [1.807, 2.05) is 12.1 Å². The molecule has 0 bridgehead atoms. The van der Waals surface area contributed by atoms with Gasteiger partial charge in [-0.05, 0) is 24.1 Å². The van der Waals surface area contributed by atoms with Crippen molar-refractivity contribution in [1.29, 1.82) is 0 Å². The van der Waals surface area contributed by atoms with Gasteiger partial charge in [-0.3, -0.25) is 0 Å². The molecule has 0 amide bonds. The number of hydrogen-bond donors (Lipinski definition) is 1. The molecule has 0 unspecified atom stereocenters. The van der Waals surface area contributed by atoms with E-state index in [2.05, 4.69) is 9.88 Å². The summed E-state index contributed by atoms with van der Waals surface area (Å²) in [6, 6.07) is 5.60. The van der Waals surface area contributed by atoms with Gasteiger partial charge in [0.2, 0.25) is 11.7 Å². The fraction of sp³-hybridized carbons (Fsp3) is 0.364. The zero-order valence-corrected chi connectivity index (χ0v) is 18.3. The molecule has 3 aromatic rings. The molecule has 0 saturated carbocycles. The van der Waals surface area contributed by atoms with E-state index in [0.717, 1.165) is 24.1 Å². The summed E-state index contributed by atoms with van der Waals surface area (Å²) in [6.07, 6.45) is 0.777. The lowest BCUT2D eigenvalue weighted by Crippen LogP contribution is -2.32. The Balaban J connectivity index is 1.77. The first-order chi connectivity index (χ1) is 15.0. The quantitative estimate of drug-likeness (QED) is 0.637. The smallest absolute Gasteiger partial charge is 0.228 e. The Kier molecular flexibility index (Phi) is 5.50. The minimum Gasteiger partial charge on any atom is -0.493 e. The summed E-state index contributed by atoms with van der Waals surface area (Å²) in [5.41, 5.74) is 9.12. The highest BCUT2D eigenvalue weighted by atomic mass is 16.5. The van der Waals surface area contributed by atoms with E-state index in [0.29, 0.717) is 58.0 Å². The van der Waals surface area contributed by atoms with Gasteiger partial charge < -0.3 is 34.3 Å². The van der Waals surface area contributed by atoms with Crippen LogP contribution in [0.2, 0.25) is 0 Å². The van der Waals surface area contributed by atoms with E-state index < -0.39 is 0 Å². The third kappa shape index (κ3) is 3.45. The summed E-state index contributed by atoms with van der Waals surface area (Å²) in [5, 5.41) is 0.711. The van der Waals surface area contributed by atoms with Gasteiger partial charge in [-0.25, -0.2) is 4.98 Å². The van der Waals surface area contributed by atoms with E-state index in [4.69, 9.17) is 34.4 Å². The van der Waals surface area contributed by atoms with E-state index in [-0.39, 0.29) is 0 Å². The number of anilines is 2. The van der Waals surface area contributed by atoms with E-state index in [1.54, 1.807) is 41.6 Å². The standard InChI is InChI=1S/C22H26N4O5/c1-27-16-9-13-15(10-17(16)28-2)24-22(25-21(13)23)26-7-6-12-8-18(29-3)20(31-5)19(30-4)14(12)11-26/h8-10H,6-7,11H2,1-5H3,(H2,23,24,25). The molecule has 0 spiro atoms. The van der Waals surface area contributed by atoms with Crippen LogP contribution in [0.15, 0.2) is 18.2 Å². The van der Waals surface area contributed by atoms with Crippen LogP contribution in [0.4, 0.5) is 11.8 Å². The van der Waals surface area contributed by atoms with Gasteiger partial charge in [0.05, 0.1) is 41.1 Å². The summed E-state index contributed by atoms with van der Waals surface area (Å²) < 4.78 is 27.5. The number of benzene rings is 2. The van der Waals surface area contributed by atoms with Crippen LogP contribution in [0.1, 0.15) is 11.1 Å². The SMILES string of the molecule is COc1cc2nc(N3CCc4cc(OC)c(OC)c(OC)c4C3)nc(N)c2cc1OC. The van der Waals surface area contributed by atoms with Crippen LogP contribution in [0, 0.1) is 0 Å². The Labute approximate surface area is 180 Å². The lowest BCUT2D eigenvalue weighted by atomic mass is 9.97. The number of nitrogens with zero attached hydrogens (tertiary/aromatic N) is 3. The first-order valence-electron chi connectivity index (χ1n) is 9.79. The van der Waals surface area contributed by atoms with E-state index >= 15 is 0 Å². The maximum atomic E-state index is 6.28. The van der Waals surface area contributed by atoms with Crippen molar-refractivity contribution in [3.63, 3.8) is 0 Å². The largest absolute Gasteiger partial charge is 0.493 e. The van der Waals surface area contributed by atoms with Gasteiger partial charge in [0, 0.05) is 30.1 Å². The van der Waals surface area contributed by atoms with Crippen LogP contribution < -0.4 is 34.3 Å². The maximum Gasteiger partial charge on any atom is 0.228 e. The molecule has 31 heavy (non-hydrogen) atoms. The van der Waals surface area contributed by atoms with Crippen LogP contribution in [0.3, 0.4) is 0 Å². The van der Waals surface area contributed by atoms with Crippen LogP contribution in [-0.4, -0.2) is 52.1 Å². The van der Waals surface area contributed by atoms with Crippen molar-refractivity contribution in [2.24, 2.45) is 0 Å². The molecule has 2 N–H and O–H groups in total. The molecule has 9 heteroatoms. The molecule has 2 aromatic carbocycles. The fourth-order valence-electron chi connectivity index (χ4n) is 3.97. The van der Waals surface area contributed by atoms with Crippen molar-refractivity contribution in [3.05, 3.63) is 29.3 Å². The topological polar surface area (TPSA) is 101 Å². The van der Waals surface area contributed by atoms with Gasteiger partial charge in [0.1, 0.15) is 5.82 Å². The van der Waals surface area contributed by atoms with Gasteiger partial charge in [-0.1, -0.05) is 0 Å². The lowest BCUT2D eigenvalue weighted by Gasteiger charge is -2.31. The van der Waals surface area contributed by atoms with Gasteiger partial charge in [-0.2, -0.15) is 4.98 Å². The molecular weight excluding hydrogens is 400 g/mol. The first-order valence-corrected chi connectivity index (χ1v) is 9.79.